The van der Waals surface area contributed by atoms with E-state index in [1.54, 1.807) is 0 Å². The summed E-state index contributed by atoms with van der Waals surface area (Å²) in [5, 5.41) is 16.9. The van der Waals surface area contributed by atoms with E-state index in [0.717, 1.165) is 15.6 Å². The molecule has 0 amide bonds. The van der Waals surface area contributed by atoms with Crippen molar-refractivity contribution in [3.8, 4) is 17.2 Å². The standard InChI is InChI=1S/C25H14BrN/c26-19-12-16(15-27)11-18(13-19)17-9-10-24-22-7-2-1-5-20(22)21-6-3-4-8-23(21)25(24)14-17/h1-14H. The topological polar surface area (TPSA) is 23.8 Å². The molecule has 5 rings (SSSR count). The Kier molecular flexibility index (Phi) is 3.70. The van der Waals surface area contributed by atoms with Crippen molar-refractivity contribution in [3.63, 3.8) is 0 Å². The van der Waals surface area contributed by atoms with Crippen LogP contribution in [0.2, 0.25) is 0 Å². The van der Waals surface area contributed by atoms with Gasteiger partial charge in [0.15, 0.2) is 0 Å². The minimum absolute atomic E-state index is 0.655. The molecular weight excluding hydrogens is 394 g/mol. The Morgan fingerprint density at radius 3 is 1.70 bits per heavy atom. The zero-order valence-electron chi connectivity index (χ0n) is 14.4. The molecule has 0 heterocycles. The lowest BCUT2D eigenvalue weighted by atomic mass is 9.92. The maximum Gasteiger partial charge on any atom is 0.0992 e. The van der Waals surface area contributed by atoms with Crippen LogP contribution in [0.3, 0.4) is 0 Å². The van der Waals surface area contributed by atoms with Crippen LogP contribution in [0.25, 0.3) is 43.4 Å². The molecule has 0 unspecified atom stereocenters. The number of hydrogen-bond acceptors (Lipinski definition) is 1. The van der Waals surface area contributed by atoms with Gasteiger partial charge in [0.05, 0.1) is 11.6 Å². The van der Waals surface area contributed by atoms with Crippen LogP contribution in [0.5, 0.6) is 0 Å². The van der Waals surface area contributed by atoms with Gasteiger partial charge in [-0.05, 0) is 67.7 Å². The molecule has 0 aliphatic carbocycles. The van der Waals surface area contributed by atoms with Crippen molar-refractivity contribution in [3.05, 3.63) is 95.0 Å². The Hall–Kier alpha value is -3.15. The summed E-state index contributed by atoms with van der Waals surface area (Å²) in [5.41, 5.74) is 2.81. The van der Waals surface area contributed by atoms with Crippen molar-refractivity contribution >= 4 is 48.2 Å². The highest BCUT2D eigenvalue weighted by atomic mass is 79.9. The maximum atomic E-state index is 9.29. The van der Waals surface area contributed by atoms with E-state index in [0.29, 0.717) is 5.56 Å². The van der Waals surface area contributed by atoms with Crippen LogP contribution in [0.15, 0.2) is 89.4 Å². The number of nitrogens with zero attached hydrogens (tertiary/aromatic N) is 1. The zero-order valence-corrected chi connectivity index (χ0v) is 16.0. The van der Waals surface area contributed by atoms with Crippen LogP contribution >= 0.6 is 15.9 Å². The molecule has 27 heavy (non-hydrogen) atoms. The number of nitriles is 1. The van der Waals surface area contributed by atoms with Gasteiger partial charge in [0.25, 0.3) is 0 Å². The second kappa shape index (κ2) is 6.23. The molecule has 0 fully saturated rings. The van der Waals surface area contributed by atoms with E-state index in [2.05, 4.69) is 94.8 Å². The summed E-state index contributed by atoms with van der Waals surface area (Å²) in [4.78, 5) is 0. The van der Waals surface area contributed by atoms with Gasteiger partial charge in [-0.1, -0.05) is 76.6 Å². The van der Waals surface area contributed by atoms with Gasteiger partial charge in [0, 0.05) is 4.47 Å². The summed E-state index contributed by atoms with van der Waals surface area (Å²) in [6, 6.07) is 31.8. The monoisotopic (exact) mass is 407 g/mol. The Bertz CT molecular complexity index is 1360. The third-order valence-corrected chi connectivity index (χ3v) is 5.56. The number of benzene rings is 5. The number of fused-ring (bicyclic) bond motifs is 6. The maximum absolute atomic E-state index is 9.29. The van der Waals surface area contributed by atoms with E-state index in [1.807, 2.05) is 12.1 Å². The van der Waals surface area contributed by atoms with Crippen LogP contribution in [0.1, 0.15) is 5.56 Å². The fraction of sp³-hybridized carbons (Fsp3) is 0. The lowest BCUT2D eigenvalue weighted by Crippen LogP contribution is -1.86. The van der Waals surface area contributed by atoms with Crippen molar-refractivity contribution in [1.82, 2.24) is 0 Å². The van der Waals surface area contributed by atoms with Crippen molar-refractivity contribution in [2.45, 2.75) is 0 Å². The summed E-state index contributed by atoms with van der Waals surface area (Å²) in [6.07, 6.45) is 0. The van der Waals surface area contributed by atoms with Crippen molar-refractivity contribution in [2.24, 2.45) is 0 Å². The molecule has 126 valence electrons. The summed E-state index contributed by atoms with van der Waals surface area (Å²) >= 11 is 3.52. The van der Waals surface area contributed by atoms with Gasteiger partial charge in [-0.2, -0.15) is 5.26 Å². The van der Waals surface area contributed by atoms with Crippen molar-refractivity contribution in [1.29, 1.82) is 5.26 Å². The Balaban J connectivity index is 1.90. The summed E-state index contributed by atoms with van der Waals surface area (Å²) < 4.78 is 0.917. The molecule has 5 aromatic carbocycles. The van der Waals surface area contributed by atoms with Gasteiger partial charge in [0.1, 0.15) is 0 Å². The largest absolute Gasteiger partial charge is 0.192 e. The highest BCUT2D eigenvalue weighted by Gasteiger charge is 2.10. The highest BCUT2D eigenvalue weighted by molar-refractivity contribution is 9.10. The number of halogens is 1. The first-order chi connectivity index (χ1) is 13.2. The third kappa shape index (κ3) is 2.60. The quantitative estimate of drug-likeness (QED) is 0.264. The minimum atomic E-state index is 0.655. The molecule has 0 aromatic heterocycles. The van der Waals surface area contributed by atoms with E-state index in [1.165, 1.54) is 32.3 Å². The third-order valence-electron chi connectivity index (χ3n) is 5.10. The Morgan fingerprint density at radius 1 is 0.556 bits per heavy atom. The molecule has 0 aliphatic rings. The van der Waals surface area contributed by atoms with Gasteiger partial charge < -0.3 is 0 Å². The average Bonchev–Trinajstić information content (AvgIpc) is 2.73. The summed E-state index contributed by atoms with van der Waals surface area (Å²) in [7, 11) is 0. The first-order valence-electron chi connectivity index (χ1n) is 8.79. The Labute approximate surface area is 165 Å². The SMILES string of the molecule is N#Cc1cc(Br)cc(-c2ccc3c4ccccc4c4ccccc4c3c2)c1. The van der Waals surface area contributed by atoms with Gasteiger partial charge in [-0.15, -0.1) is 0 Å². The first kappa shape index (κ1) is 16.1. The van der Waals surface area contributed by atoms with Crippen LogP contribution in [0.4, 0.5) is 0 Å². The normalized spacial score (nSPS) is 11.1. The summed E-state index contributed by atoms with van der Waals surface area (Å²) in [5.74, 6) is 0. The second-order valence-corrected chi connectivity index (χ2v) is 7.61. The van der Waals surface area contributed by atoms with Crippen LogP contribution in [0, 0.1) is 11.3 Å². The van der Waals surface area contributed by atoms with Crippen LogP contribution in [-0.4, -0.2) is 0 Å². The predicted molar refractivity (Wildman–Crippen MR) is 117 cm³/mol. The fourth-order valence-electron chi connectivity index (χ4n) is 3.91. The van der Waals surface area contributed by atoms with Crippen molar-refractivity contribution < 1.29 is 0 Å². The van der Waals surface area contributed by atoms with E-state index in [-0.39, 0.29) is 0 Å². The molecule has 0 N–H and O–H groups in total. The molecule has 0 bridgehead atoms. The molecule has 1 nitrogen and oxygen atoms in total. The Morgan fingerprint density at radius 2 is 1.11 bits per heavy atom. The molecule has 2 heteroatoms. The molecule has 0 saturated carbocycles. The van der Waals surface area contributed by atoms with Gasteiger partial charge in [-0.3, -0.25) is 0 Å². The van der Waals surface area contributed by atoms with E-state index in [4.69, 9.17) is 0 Å². The molecule has 5 aromatic rings. The molecular formula is C25H14BrN. The fourth-order valence-corrected chi connectivity index (χ4v) is 4.40. The lowest BCUT2D eigenvalue weighted by molar-refractivity contribution is 1.47. The molecule has 0 aliphatic heterocycles. The van der Waals surface area contributed by atoms with Crippen LogP contribution in [-0.2, 0) is 0 Å². The van der Waals surface area contributed by atoms with Gasteiger partial charge in [0.2, 0.25) is 0 Å². The molecule has 0 radical (unpaired) electrons. The predicted octanol–water partition coefficient (Wildman–Crippen LogP) is 7.45. The summed E-state index contributed by atoms with van der Waals surface area (Å²) in [6.45, 7) is 0. The zero-order chi connectivity index (χ0) is 18.4. The smallest absolute Gasteiger partial charge is 0.0992 e. The first-order valence-corrected chi connectivity index (χ1v) is 9.58. The minimum Gasteiger partial charge on any atom is -0.192 e. The lowest BCUT2D eigenvalue weighted by Gasteiger charge is -2.12. The number of rotatable bonds is 1. The van der Waals surface area contributed by atoms with Gasteiger partial charge >= 0.3 is 0 Å². The molecule has 0 spiro atoms. The average molecular weight is 408 g/mol. The molecule has 0 saturated heterocycles. The molecule has 0 atom stereocenters. The second-order valence-electron chi connectivity index (χ2n) is 6.69. The highest BCUT2D eigenvalue weighted by Crippen LogP contribution is 2.37. The van der Waals surface area contributed by atoms with Crippen molar-refractivity contribution in [2.75, 3.05) is 0 Å². The van der Waals surface area contributed by atoms with Crippen LogP contribution < -0.4 is 0 Å². The van der Waals surface area contributed by atoms with E-state index < -0.39 is 0 Å². The van der Waals surface area contributed by atoms with E-state index in [9.17, 15) is 5.26 Å². The number of hydrogen-bond donors (Lipinski definition) is 0. The van der Waals surface area contributed by atoms with Gasteiger partial charge in [-0.25, -0.2) is 0 Å². The van der Waals surface area contributed by atoms with E-state index >= 15 is 0 Å².